The molecule has 0 atom stereocenters. The Morgan fingerprint density at radius 1 is 1.32 bits per heavy atom. The lowest BCUT2D eigenvalue weighted by Gasteiger charge is -2.13. The number of H-pyrrole nitrogens is 1. The number of aromatic amines is 1. The number of fused-ring (bicyclic) bond motifs is 1. The molecular weight excluding hydrogens is 352 g/mol. The highest BCUT2D eigenvalue weighted by Crippen LogP contribution is 2.50. The van der Waals surface area contributed by atoms with Crippen molar-refractivity contribution in [2.24, 2.45) is 0 Å². The molecule has 146 valence electrons. The fraction of sp³-hybridized carbons (Fsp3) is 0.391. The first kappa shape index (κ1) is 18.5. The molecule has 1 saturated carbocycles. The molecule has 0 unspecified atom stereocenters. The lowest BCUT2D eigenvalue weighted by atomic mass is 9.94. The number of carboxylic acid groups (broad SMARTS) is 1. The number of pyridine rings is 1. The molecule has 0 radical (unpaired) electrons. The summed E-state index contributed by atoms with van der Waals surface area (Å²) < 4.78 is 5.63. The lowest BCUT2D eigenvalue weighted by molar-refractivity contribution is 0.0690. The van der Waals surface area contributed by atoms with Crippen molar-refractivity contribution >= 4 is 16.9 Å². The van der Waals surface area contributed by atoms with Crippen LogP contribution in [-0.2, 0) is 11.8 Å². The number of nitrogens with one attached hydrogen (secondary N) is 1. The van der Waals surface area contributed by atoms with Gasteiger partial charge in [-0.25, -0.2) is 9.78 Å². The van der Waals surface area contributed by atoms with Gasteiger partial charge in [-0.05, 0) is 48.1 Å². The van der Waals surface area contributed by atoms with Crippen LogP contribution in [0.3, 0.4) is 0 Å². The molecule has 0 amide bonds. The van der Waals surface area contributed by atoms with Crippen LogP contribution in [0.25, 0.3) is 10.9 Å². The zero-order chi connectivity index (χ0) is 20.1. The molecule has 28 heavy (non-hydrogen) atoms. The SMILES string of the molecule is COc1cc2[nH]c(C3(C)CC3)c(Cc3cccc(C(=O)O)n3)c2cc1C(C)C. The number of carbonyl (C=O) groups is 1. The summed E-state index contributed by atoms with van der Waals surface area (Å²) in [4.78, 5) is 19.3. The molecule has 5 nitrogen and oxygen atoms in total. The van der Waals surface area contributed by atoms with Gasteiger partial charge in [-0.2, -0.15) is 0 Å². The summed E-state index contributed by atoms with van der Waals surface area (Å²) in [6, 6.07) is 9.51. The van der Waals surface area contributed by atoms with E-state index in [1.165, 1.54) is 28.3 Å². The maximum atomic E-state index is 11.3. The minimum absolute atomic E-state index is 0.0843. The molecule has 1 aliphatic carbocycles. The van der Waals surface area contributed by atoms with E-state index in [0.717, 1.165) is 29.8 Å². The molecule has 0 spiro atoms. The van der Waals surface area contributed by atoms with Gasteiger partial charge in [-0.1, -0.05) is 26.8 Å². The number of aromatic carboxylic acids is 1. The topological polar surface area (TPSA) is 75.2 Å². The van der Waals surface area contributed by atoms with Crippen molar-refractivity contribution in [2.45, 2.75) is 51.4 Å². The number of benzene rings is 1. The van der Waals surface area contributed by atoms with Crippen molar-refractivity contribution in [3.8, 4) is 5.75 Å². The van der Waals surface area contributed by atoms with Gasteiger partial charge in [0.15, 0.2) is 0 Å². The van der Waals surface area contributed by atoms with Crippen LogP contribution >= 0.6 is 0 Å². The van der Waals surface area contributed by atoms with Crippen LogP contribution < -0.4 is 4.74 Å². The van der Waals surface area contributed by atoms with Crippen molar-refractivity contribution in [3.63, 3.8) is 0 Å². The monoisotopic (exact) mass is 378 g/mol. The average molecular weight is 378 g/mol. The smallest absolute Gasteiger partial charge is 0.354 e. The minimum atomic E-state index is -0.998. The van der Waals surface area contributed by atoms with E-state index in [1.807, 2.05) is 6.07 Å². The molecule has 5 heteroatoms. The molecule has 2 N–H and O–H groups in total. The molecule has 0 bridgehead atoms. The summed E-state index contributed by atoms with van der Waals surface area (Å²) in [7, 11) is 1.71. The third kappa shape index (κ3) is 3.15. The third-order valence-electron chi connectivity index (χ3n) is 5.87. The number of hydrogen-bond acceptors (Lipinski definition) is 3. The molecule has 1 aromatic carbocycles. The number of carboxylic acids is 1. The second kappa shape index (κ2) is 6.66. The second-order valence-electron chi connectivity index (χ2n) is 8.33. The van der Waals surface area contributed by atoms with Crippen LogP contribution in [0.4, 0.5) is 0 Å². The van der Waals surface area contributed by atoms with Crippen molar-refractivity contribution in [1.82, 2.24) is 9.97 Å². The molecule has 1 fully saturated rings. The fourth-order valence-corrected chi connectivity index (χ4v) is 3.94. The average Bonchev–Trinajstić information content (AvgIpc) is 3.32. The summed E-state index contributed by atoms with van der Waals surface area (Å²) in [5.41, 5.74) is 5.71. The number of nitrogens with zero attached hydrogens (tertiary/aromatic N) is 1. The highest BCUT2D eigenvalue weighted by molar-refractivity contribution is 5.88. The Kier molecular flexibility index (Phi) is 4.41. The van der Waals surface area contributed by atoms with Crippen molar-refractivity contribution < 1.29 is 14.6 Å². The van der Waals surface area contributed by atoms with E-state index in [2.05, 4.69) is 42.9 Å². The number of aromatic nitrogens is 2. The Hall–Kier alpha value is -2.82. The van der Waals surface area contributed by atoms with Gasteiger partial charge in [-0.15, -0.1) is 0 Å². The van der Waals surface area contributed by atoms with Crippen LogP contribution in [0.15, 0.2) is 30.3 Å². The Balaban J connectivity index is 1.89. The van der Waals surface area contributed by atoms with Crippen molar-refractivity contribution in [3.05, 3.63) is 58.5 Å². The Labute approximate surface area is 164 Å². The van der Waals surface area contributed by atoms with Crippen LogP contribution in [-0.4, -0.2) is 28.2 Å². The van der Waals surface area contributed by atoms with Crippen molar-refractivity contribution in [2.75, 3.05) is 7.11 Å². The second-order valence-corrected chi connectivity index (χ2v) is 8.33. The molecule has 2 aromatic heterocycles. The predicted molar refractivity (Wildman–Crippen MR) is 110 cm³/mol. The molecule has 4 rings (SSSR count). The summed E-state index contributed by atoms with van der Waals surface area (Å²) >= 11 is 0. The quantitative estimate of drug-likeness (QED) is 0.630. The van der Waals surface area contributed by atoms with Gasteiger partial charge in [-0.3, -0.25) is 0 Å². The number of ether oxygens (including phenoxy) is 1. The van der Waals surface area contributed by atoms with Gasteiger partial charge in [0, 0.05) is 40.2 Å². The van der Waals surface area contributed by atoms with Gasteiger partial charge in [0.05, 0.1) is 7.11 Å². The summed E-state index contributed by atoms with van der Waals surface area (Å²) in [6.07, 6.45) is 2.92. The minimum Gasteiger partial charge on any atom is -0.496 e. The molecule has 0 saturated heterocycles. The van der Waals surface area contributed by atoms with E-state index < -0.39 is 5.97 Å². The van der Waals surface area contributed by atoms with Crippen LogP contribution in [0, 0.1) is 0 Å². The molecule has 2 heterocycles. The van der Waals surface area contributed by atoms with Gasteiger partial charge in [0.2, 0.25) is 0 Å². The standard InChI is InChI=1S/C23H26N2O3/c1-13(2)15-11-16-17(10-14-6-5-7-18(24-14)22(26)27)21(23(3)8-9-23)25-19(16)12-20(15)28-4/h5-7,11-13,25H,8-10H2,1-4H3,(H,26,27). The number of hydrogen-bond donors (Lipinski definition) is 2. The molecule has 1 aliphatic rings. The van der Waals surface area contributed by atoms with Gasteiger partial charge in [0.25, 0.3) is 0 Å². The fourth-order valence-electron chi connectivity index (χ4n) is 3.94. The maximum absolute atomic E-state index is 11.3. The molecular formula is C23H26N2O3. The third-order valence-corrected chi connectivity index (χ3v) is 5.87. The Bertz CT molecular complexity index is 1060. The normalized spacial score (nSPS) is 15.2. The Morgan fingerprint density at radius 3 is 2.68 bits per heavy atom. The van der Waals surface area contributed by atoms with Crippen LogP contribution in [0.1, 0.15) is 72.5 Å². The summed E-state index contributed by atoms with van der Waals surface area (Å²) in [5.74, 6) is 0.242. The number of methoxy groups -OCH3 is 1. The lowest BCUT2D eigenvalue weighted by Crippen LogP contribution is -2.07. The van der Waals surface area contributed by atoms with E-state index in [9.17, 15) is 9.90 Å². The highest BCUT2D eigenvalue weighted by atomic mass is 16.5. The van der Waals surface area contributed by atoms with E-state index >= 15 is 0 Å². The van der Waals surface area contributed by atoms with Gasteiger partial charge in [0.1, 0.15) is 11.4 Å². The van der Waals surface area contributed by atoms with E-state index in [4.69, 9.17) is 4.74 Å². The van der Waals surface area contributed by atoms with E-state index in [0.29, 0.717) is 12.3 Å². The molecule has 0 aliphatic heterocycles. The molecule has 3 aromatic rings. The summed E-state index contributed by atoms with van der Waals surface area (Å²) in [6.45, 7) is 6.61. The van der Waals surface area contributed by atoms with Crippen LogP contribution in [0.5, 0.6) is 5.75 Å². The maximum Gasteiger partial charge on any atom is 0.354 e. The van der Waals surface area contributed by atoms with E-state index in [1.54, 1.807) is 13.2 Å². The Morgan fingerprint density at radius 2 is 2.07 bits per heavy atom. The number of rotatable bonds is 6. The summed E-state index contributed by atoms with van der Waals surface area (Å²) in [5, 5.41) is 10.4. The van der Waals surface area contributed by atoms with E-state index in [-0.39, 0.29) is 11.1 Å². The van der Waals surface area contributed by atoms with Gasteiger partial charge < -0.3 is 14.8 Å². The first-order chi connectivity index (χ1) is 13.3. The zero-order valence-corrected chi connectivity index (χ0v) is 16.8. The predicted octanol–water partition coefficient (Wildman–Crippen LogP) is 5.04. The van der Waals surface area contributed by atoms with Crippen LogP contribution in [0.2, 0.25) is 0 Å². The largest absolute Gasteiger partial charge is 0.496 e. The van der Waals surface area contributed by atoms with Crippen molar-refractivity contribution in [1.29, 1.82) is 0 Å². The first-order valence-electron chi connectivity index (χ1n) is 9.74. The zero-order valence-electron chi connectivity index (χ0n) is 16.8. The highest BCUT2D eigenvalue weighted by Gasteiger charge is 2.42. The first-order valence-corrected chi connectivity index (χ1v) is 9.74. The van der Waals surface area contributed by atoms with Gasteiger partial charge >= 0.3 is 5.97 Å².